The van der Waals surface area contributed by atoms with Crippen LogP contribution in [0, 0.1) is 34.5 Å². The van der Waals surface area contributed by atoms with E-state index in [-0.39, 0.29) is 22.7 Å². The quantitative estimate of drug-likeness (QED) is 0.431. The Morgan fingerprint density at radius 1 is 1.19 bits per heavy atom. The molecule has 8 unspecified atom stereocenters. The zero-order chi connectivity index (χ0) is 22.9. The molecule has 3 heteroatoms. The van der Waals surface area contributed by atoms with Crippen molar-refractivity contribution in [1.29, 1.82) is 0 Å². The zero-order valence-corrected chi connectivity index (χ0v) is 20.7. The van der Waals surface area contributed by atoms with Gasteiger partial charge in [-0.25, -0.2) is 0 Å². The van der Waals surface area contributed by atoms with Gasteiger partial charge < -0.3 is 10.8 Å². The molecule has 0 amide bonds. The first-order valence-corrected chi connectivity index (χ1v) is 13.6. The van der Waals surface area contributed by atoms with Gasteiger partial charge in [-0.3, -0.25) is 4.79 Å². The van der Waals surface area contributed by atoms with Gasteiger partial charge in [-0.2, -0.15) is 0 Å². The van der Waals surface area contributed by atoms with Gasteiger partial charge in [-0.1, -0.05) is 70.1 Å². The Kier molecular flexibility index (Phi) is 7.37. The monoisotopic (exact) mass is 441 g/mol. The summed E-state index contributed by atoms with van der Waals surface area (Å²) in [5.74, 6) is 2.89. The Hall–Kier alpha value is -0.930. The van der Waals surface area contributed by atoms with Crippen LogP contribution in [0.25, 0.3) is 0 Å². The molecule has 4 aliphatic rings. The minimum atomic E-state index is -0.438. The predicted molar refractivity (Wildman–Crippen MR) is 132 cm³/mol. The Morgan fingerprint density at radius 3 is 2.66 bits per heavy atom. The van der Waals surface area contributed by atoms with Crippen LogP contribution in [0.4, 0.5) is 0 Å². The second kappa shape index (κ2) is 9.74. The molecular weight excluding hydrogens is 394 g/mol. The van der Waals surface area contributed by atoms with Gasteiger partial charge in [0.15, 0.2) is 5.78 Å². The molecule has 0 saturated heterocycles. The topological polar surface area (TPSA) is 63.3 Å². The van der Waals surface area contributed by atoms with Gasteiger partial charge in [0.05, 0.1) is 12.1 Å². The van der Waals surface area contributed by atoms with E-state index < -0.39 is 6.04 Å². The minimum absolute atomic E-state index is 0.00914. The van der Waals surface area contributed by atoms with Crippen molar-refractivity contribution in [2.75, 3.05) is 0 Å². The number of aliphatic hydroxyl groups is 1. The van der Waals surface area contributed by atoms with Crippen LogP contribution in [0.15, 0.2) is 24.3 Å². The van der Waals surface area contributed by atoms with Crippen LogP contribution in [0.5, 0.6) is 0 Å². The number of nitrogens with two attached hydrogens (primary N) is 1. The first-order chi connectivity index (χ1) is 15.2. The van der Waals surface area contributed by atoms with E-state index in [9.17, 15) is 9.90 Å². The average molecular weight is 442 g/mol. The lowest BCUT2D eigenvalue weighted by Gasteiger charge is -2.32. The second-order valence-corrected chi connectivity index (χ2v) is 12.5. The molecule has 3 nitrogen and oxygen atoms in total. The van der Waals surface area contributed by atoms with Crippen LogP contribution >= 0.6 is 0 Å². The molecule has 3 saturated carbocycles. The molecule has 0 spiro atoms. The van der Waals surface area contributed by atoms with E-state index in [1.165, 1.54) is 50.5 Å². The van der Waals surface area contributed by atoms with Crippen molar-refractivity contribution in [2.45, 2.75) is 116 Å². The molecule has 32 heavy (non-hydrogen) atoms. The second-order valence-electron chi connectivity index (χ2n) is 12.5. The summed E-state index contributed by atoms with van der Waals surface area (Å²) in [6.45, 7) is 8.67. The van der Waals surface area contributed by atoms with E-state index in [1.54, 1.807) is 0 Å². The van der Waals surface area contributed by atoms with Gasteiger partial charge in [0.1, 0.15) is 0 Å². The van der Waals surface area contributed by atoms with E-state index in [1.807, 2.05) is 0 Å². The van der Waals surface area contributed by atoms with Crippen LogP contribution in [-0.4, -0.2) is 23.0 Å². The highest BCUT2D eigenvalue weighted by Crippen LogP contribution is 2.60. The van der Waals surface area contributed by atoms with Crippen LogP contribution in [-0.2, 0) is 4.79 Å². The van der Waals surface area contributed by atoms with Crippen molar-refractivity contribution in [3.05, 3.63) is 24.3 Å². The van der Waals surface area contributed by atoms with Gasteiger partial charge in [-0.05, 0) is 74.0 Å². The molecule has 0 aliphatic heterocycles. The fourth-order valence-electron chi connectivity index (χ4n) is 7.77. The summed E-state index contributed by atoms with van der Waals surface area (Å²) in [6.07, 6.45) is 19.7. The van der Waals surface area contributed by atoms with E-state index in [0.29, 0.717) is 31.1 Å². The maximum Gasteiger partial charge on any atom is 0.150 e. The molecule has 0 aromatic rings. The fraction of sp³-hybridized carbons (Fsp3) is 0.828. The number of allylic oxidation sites excluding steroid dienone is 3. The molecule has 0 radical (unpaired) electrons. The van der Waals surface area contributed by atoms with Crippen molar-refractivity contribution >= 4 is 5.78 Å². The lowest BCUT2D eigenvalue weighted by Crippen LogP contribution is -2.35. The van der Waals surface area contributed by atoms with E-state index >= 15 is 0 Å². The molecule has 3 fully saturated rings. The number of ketones is 1. The summed E-state index contributed by atoms with van der Waals surface area (Å²) in [7, 11) is 0. The molecule has 4 rings (SSSR count). The van der Waals surface area contributed by atoms with Crippen molar-refractivity contribution in [3.63, 3.8) is 0 Å². The van der Waals surface area contributed by atoms with Gasteiger partial charge in [-0.15, -0.1) is 6.58 Å². The Labute approximate surface area is 196 Å². The van der Waals surface area contributed by atoms with Gasteiger partial charge in [0.2, 0.25) is 0 Å². The third-order valence-electron chi connectivity index (χ3n) is 9.66. The Balaban J connectivity index is 1.26. The number of rotatable bonds is 8. The lowest BCUT2D eigenvalue weighted by molar-refractivity contribution is -0.121. The largest absolute Gasteiger partial charge is 0.393 e. The summed E-state index contributed by atoms with van der Waals surface area (Å²) >= 11 is 0. The number of aliphatic hydroxyl groups excluding tert-OH is 1. The van der Waals surface area contributed by atoms with Gasteiger partial charge in [0, 0.05) is 11.8 Å². The number of fused-ring (bicyclic) bond motifs is 2. The molecule has 0 aromatic heterocycles. The first kappa shape index (κ1) is 24.2. The SMILES string of the molecule is C=CC1(C)CC2=CC2(CC(=O)C(N)CCC(O)C2CCCC3CCCCC3C2)CC(C)C1. The van der Waals surface area contributed by atoms with Crippen LogP contribution in [0.1, 0.15) is 104 Å². The third kappa shape index (κ3) is 5.41. The van der Waals surface area contributed by atoms with Gasteiger partial charge in [0.25, 0.3) is 0 Å². The molecule has 4 aliphatic carbocycles. The summed E-state index contributed by atoms with van der Waals surface area (Å²) in [5, 5.41) is 11.0. The molecule has 0 heterocycles. The van der Waals surface area contributed by atoms with Crippen LogP contribution in [0.3, 0.4) is 0 Å². The predicted octanol–water partition coefficient (Wildman–Crippen LogP) is 6.35. The van der Waals surface area contributed by atoms with Crippen LogP contribution in [0.2, 0.25) is 0 Å². The van der Waals surface area contributed by atoms with Crippen LogP contribution < -0.4 is 5.73 Å². The van der Waals surface area contributed by atoms with Crippen molar-refractivity contribution < 1.29 is 9.90 Å². The summed E-state index contributed by atoms with van der Waals surface area (Å²) < 4.78 is 0. The number of Topliss-reactive ketones (excluding diaryl/α,β-unsaturated/α-hetero) is 1. The minimum Gasteiger partial charge on any atom is -0.393 e. The molecular formula is C29H47NO2. The highest BCUT2D eigenvalue weighted by atomic mass is 16.3. The average Bonchev–Trinajstić information content (AvgIpc) is 3.47. The number of hydrogen-bond donors (Lipinski definition) is 2. The van der Waals surface area contributed by atoms with Crippen molar-refractivity contribution in [1.82, 2.24) is 0 Å². The summed E-state index contributed by atoms with van der Waals surface area (Å²) in [4.78, 5) is 13.1. The number of carbonyl (C=O) groups is 1. The Morgan fingerprint density at radius 2 is 1.91 bits per heavy atom. The van der Waals surface area contributed by atoms with Crippen molar-refractivity contribution in [2.24, 2.45) is 40.2 Å². The van der Waals surface area contributed by atoms with E-state index in [4.69, 9.17) is 5.73 Å². The first-order valence-electron chi connectivity index (χ1n) is 13.6. The molecule has 180 valence electrons. The van der Waals surface area contributed by atoms with Crippen molar-refractivity contribution in [3.8, 4) is 0 Å². The normalized spacial score (nSPS) is 41.2. The number of hydrogen-bond acceptors (Lipinski definition) is 3. The smallest absolute Gasteiger partial charge is 0.150 e. The Bertz CT molecular complexity index is 729. The molecule has 8 atom stereocenters. The third-order valence-corrected chi connectivity index (χ3v) is 9.66. The highest BCUT2D eigenvalue weighted by molar-refractivity contribution is 5.86. The maximum atomic E-state index is 13.1. The van der Waals surface area contributed by atoms with Gasteiger partial charge >= 0.3 is 0 Å². The van der Waals surface area contributed by atoms with E-state index in [0.717, 1.165) is 37.5 Å². The van der Waals surface area contributed by atoms with E-state index in [2.05, 4.69) is 32.6 Å². The highest BCUT2D eigenvalue weighted by Gasteiger charge is 2.50. The summed E-state index contributed by atoms with van der Waals surface area (Å²) in [6, 6.07) is -0.438. The maximum absolute atomic E-state index is 13.1. The zero-order valence-electron chi connectivity index (χ0n) is 20.7. The number of carbonyl (C=O) groups excluding carboxylic acids is 1. The standard InChI is InChI=1S/C29H47NO2/c1-4-28(3)15-20(2)16-29(18-24(29)17-28)19-27(32)25(30)12-13-26(31)23-11-7-10-21-8-5-6-9-22(21)14-23/h4,18,20-23,25-26,31H,1,5-17,19,30H2,2-3H3. The lowest BCUT2D eigenvalue weighted by atomic mass is 9.74. The summed E-state index contributed by atoms with van der Waals surface area (Å²) in [5.41, 5.74) is 7.97. The fourth-order valence-corrected chi connectivity index (χ4v) is 7.77. The molecule has 0 aromatic carbocycles. The molecule has 3 N–H and O–H groups in total. The molecule has 0 bridgehead atoms.